The topological polar surface area (TPSA) is 383 Å². The van der Waals surface area contributed by atoms with Crippen molar-refractivity contribution < 1.29 is 114 Å². The summed E-state index contributed by atoms with van der Waals surface area (Å²) >= 11 is 3.54. The van der Waals surface area contributed by atoms with Crippen LogP contribution >= 0.6 is 28.3 Å². The van der Waals surface area contributed by atoms with Crippen LogP contribution in [-0.2, 0) is 113 Å². The average molecular weight is 1880 g/mol. The molecule has 0 atom stereocenters. The molecule has 0 bridgehead atoms. The minimum atomic E-state index is -3.87. The van der Waals surface area contributed by atoms with Crippen molar-refractivity contribution in [3.8, 4) is 39.5 Å². The van der Waals surface area contributed by atoms with E-state index >= 15 is 0 Å². The quantitative estimate of drug-likeness (QED) is 0.0187. The first-order valence-corrected chi connectivity index (χ1v) is 45.1. The van der Waals surface area contributed by atoms with Crippen LogP contribution in [0.4, 0.5) is 0 Å². The van der Waals surface area contributed by atoms with Gasteiger partial charge in [0.15, 0.2) is 0 Å². The number of carboxylic acids is 1. The van der Waals surface area contributed by atoms with Gasteiger partial charge in [-0.1, -0.05) is 168 Å². The van der Waals surface area contributed by atoms with E-state index < -0.39 is 43.2 Å². The second-order valence-corrected chi connectivity index (χ2v) is 35.6. The number of aliphatic carboxylic acids is 1. The summed E-state index contributed by atoms with van der Waals surface area (Å²) in [5, 5.41) is 29.0. The van der Waals surface area contributed by atoms with Crippen molar-refractivity contribution in [3.63, 3.8) is 0 Å². The van der Waals surface area contributed by atoms with Crippen molar-refractivity contribution in [1.29, 1.82) is 0 Å². The number of ether oxygens (including phenoxy) is 5. The van der Waals surface area contributed by atoms with Crippen LogP contribution < -0.4 is 66.4 Å². The van der Waals surface area contributed by atoms with Gasteiger partial charge in [0.2, 0.25) is 0 Å². The number of aromatic nitrogens is 3. The standard InChI is InChI=1S/C33H32N2O5S.C31H28N2O5S.C26H24BrNO5S.C7H10BNO2.ClH.Na.H2O/c1-3-39-32(36)20-27-8-4-5-10-31(27)40-22-25-18-28-15-16-35(41(37,38)29-13-11-23(2)12-14-29)33(28)30(19-25)26-9-6-7-24(17-26)21-34;1-21-9-11-27(12-10-21)39(36,37)33-14-13-26-16-23(20-38-29-8-3-2-6-25(29)18-30(34)35)17-28(31(26)33)24-7-4-5-22(15-24)19-32;1-3-32-25(29)16-20-6-4-5-7-24(20)33-17-19-14-21-12-13-28(26(21)23(27)15-19)34(30,31)22-10-8-18(2)9-11-22;9-5-6-2-1-3-7(4-6)8(10)11;;;/h4-19H,3,20-22,34H2,1-2H3;2-17H,18-20,32H2,1H3,(H,34,35);4-15H,3,16-17H2,1-2H3;1-4,10-11H,5,9H2;1H;;1H2/q;;;;;+1;/p-1. The molecule has 3 heterocycles. The van der Waals surface area contributed by atoms with E-state index in [1.165, 1.54) is 11.9 Å². The zero-order valence-corrected chi connectivity index (χ0v) is 78.0. The van der Waals surface area contributed by atoms with E-state index in [-0.39, 0.29) is 113 Å². The number of halogens is 2. The van der Waals surface area contributed by atoms with E-state index in [9.17, 15) is 44.7 Å². The van der Waals surface area contributed by atoms with E-state index in [0.717, 1.165) is 99.6 Å². The average Bonchev–Trinajstić information content (AvgIpc) is 1.58. The van der Waals surface area contributed by atoms with Crippen LogP contribution in [0.3, 0.4) is 0 Å². The number of carboxylic acid groups (broad SMARTS) is 1. The Labute approximate surface area is 781 Å². The van der Waals surface area contributed by atoms with Crippen LogP contribution in [0.25, 0.3) is 55.0 Å². The molecule has 0 aliphatic rings. The number of fused-ring (bicyclic) bond motifs is 3. The Kier molecular flexibility index (Phi) is 36.0. The number of benzene rings is 12. The number of nitrogens with zero attached hydrogens (tertiary/aromatic N) is 3. The summed E-state index contributed by atoms with van der Waals surface area (Å²) in [4.78, 5) is 35.9. The molecular formula is C97H96BBrClN6NaO18S3. The summed E-state index contributed by atoms with van der Waals surface area (Å²) in [5.41, 5.74) is 32.8. The monoisotopic (exact) mass is 1880 g/mol. The SMILES string of the molecule is CCOC(=O)Cc1ccccc1OCc1cc(-c2cccc(CN)c2)c2c(ccn2S(=O)(=O)c2ccc(C)cc2)c1.CCOC(=O)Cc1ccccc1OCc1cc(Br)c2c(ccn2S(=O)(=O)c2ccc(C)cc2)c1.Cc1ccc(S(=O)(=O)n2ccc3cc(COc4ccccc4CC(=O)O)cc(-c4cccc(CN)c4)c32)cc1.Cl.NCc1cccc(B(O)O)c1.[Na+].[OH-]. The predicted molar refractivity (Wildman–Crippen MR) is 499 cm³/mol. The molecule has 12 aromatic carbocycles. The number of rotatable bonds is 29. The predicted octanol–water partition coefficient (Wildman–Crippen LogP) is 13.2. The third kappa shape index (κ3) is 24.9. The molecule has 24 nitrogen and oxygen atoms in total. The summed E-state index contributed by atoms with van der Waals surface area (Å²) in [6.07, 6.45) is 4.82. The Morgan fingerprint density at radius 2 is 0.711 bits per heavy atom. The molecule has 10 N–H and O–H groups in total. The molecule has 0 fully saturated rings. The van der Waals surface area contributed by atoms with Crippen molar-refractivity contribution in [3.05, 3.63) is 363 Å². The third-order valence-electron chi connectivity index (χ3n) is 20.3. The maximum absolute atomic E-state index is 13.8. The fourth-order valence-electron chi connectivity index (χ4n) is 14.0. The first kappa shape index (κ1) is 100. The molecule has 0 radical (unpaired) electrons. The molecule has 658 valence electrons. The van der Waals surface area contributed by atoms with Crippen molar-refractivity contribution in [2.45, 2.75) is 108 Å². The molecular weight excluding hydrogens is 1780 g/mol. The summed E-state index contributed by atoms with van der Waals surface area (Å²) in [6.45, 7) is 11.7. The molecule has 0 aliphatic carbocycles. The number of hydrogen-bond acceptors (Lipinski definition) is 20. The van der Waals surface area contributed by atoms with E-state index in [4.69, 9.17) is 50.9 Å². The smallest absolute Gasteiger partial charge is 0.870 e. The zero-order valence-electron chi connectivity index (χ0n) is 71.2. The van der Waals surface area contributed by atoms with Crippen LogP contribution in [-0.4, -0.2) is 96.0 Å². The second-order valence-electron chi connectivity index (χ2n) is 29.3. The molecule has 3 aromatic heterocycles. The van der Waals surface area contributed by atoms with Gasteiger partial charge >= 0.3 is 54.6 Å². The van der Waals surface area contributed by atoms with Gasteiger partial charge < -0.3 is 61.5 Å². The summed E-state index contributed by atoms with van der Waals surface area (Å²) < 4.78 is 114. The van der Waals surface area contributed by atoms with Crippen LogP contribution in [0, 0.1) is 20.8 Å². The first-order valence-electron chi connectivity index (χ1n) is 40.0. The van der Waals surface area contributed by atoms with Crippen LogP contribution in [0.15, 0.2) is 311 Å². The minimum absolute atomic E-state index is 0. The molecule has 0 aliphatic heterocycles. The molecule has 15 aromatic rings. The normalized spacial score (nSPS) is 11.1. The Morgan fingerprint density at radius 3 is 1.05 bits per heavy atom. The Balaban J connectivity index is 0.000000202. The van der Waals surface area contributed by atoms with Crippen molar-refractivity contribution >= 4 is 122 Å². The number of aryl methyl sites for hydroxylation is 3. The molecule has 0 spiro atoms. The number of esters is 2. The number of nitrogens with two attached hydrogens (primary N) is 3. The van der Waals surface area contributed by atoms with Gasteiger partial charge in [0, 0.05) is 86.7 Å². The first-order chi connectivity index (χ1) is 60.1. The minimum Gasteiger partial charge on any atom is -0.870 e. The van der Waals surface area contributed by atoms with Gasteiger partial charge in [-0.2, -0.15) is 0 Å². The largest absolute Gasteiger partial charge is 1.00 e. The van der Waals surface area contributed by atoms with Gasteiger partial charge in [-0.25, -0.2) is 37.2 Å². The third-order valence-corrected chi connectivity index (χ3v) is 25.9. The number of carbonyl (C=O) groups excluding carboxylic acids is 2. The van der Waals surface area contributed by atoms with Crippen molar-refractivity contribution in [2.24, 2.45) is 17.2 Å². The summed E-state index contributed by atoms with van der Waals surface area (Å²) in [6, 6.07) is 81.3. The maximum Gasteiger partial charge on any atom is 1.00 e. The Hall–Kier alpha value is -11.5. The van der Waals surface area contributed by atoms with Gasteiger partial charge in [0.05, 0.1) is 63.7 Å². The zero-order chi connectivity index (χ0) is 89.1. The molecule has 0 amide bonds. The number of hydrogen-bond donors (Lipinski definition) is 6. The molecule has 15 rings (SSSR count). The van der Waals surface area contributed by atoms with Crippen LogP contribution in [0.5, 0.6) is 17.2 Å². The van der Waals surface area contributed by atoms with Crippen LogP contribution in [0.2, 0.25) is 0 Å². The van der Waals surface area contributed by atoms with Gasteiger partial charge in [0.25, 0.3) is 30.1 Å². The fourth-order valence-corrected chi connectivity index (χ4v) is 19.0. The molecule has 0 saturated carbocycles. The van der Waals surface area contributed by atoms with Gasteiger partial charge in [0.1, 0.15) is 37.1 Å². The van der Waals surface area contributed by atoms with Gasteiger partial charge in [-0.3, -0.25) is 14.4 Å². The van der Waals surface area contributed by atoms with Crippen LogP contribution in [0.1, 0.15) is 80.6 Å². The maximum atomic E-state index is 13.8. The Bertz CT molecular complexity index is 6760. The molecule has 0 saturated heterocycles. The van der Waals surface area contributed by atoms with E-state index in [0.29, 0.717) is 82.1 Å². The molecule has 0 unspecified atom stereocenters. The second kappa shape index (κ2) is 46.0. The van der Waals surface area contributed by atoms with Gasteiger partial charge in [-0.15, -0.1) is 12.4 Å². The van der Waals surface area contributed by atoms with E-state index in [1.807, 2.05) is 160 Å². The molecule has 128 heavy (non-hydrogen) atoms. The molecule has 31 heteroatoms. The van der Waals surface area contributed by atoms with Crippen molar-refractivity contribution in [2.75, 3.05) is 13.2 Å². The van der Waals surface area contributed by atoms with Crippen molar-refractivity contribution in [1.82, 2.24) is 11.9 Å². The Morgan fingerprint density at radius 1 is 0.391 bits per heavy atom. The van der Waals surface area contributed by atoms with E-state index in [2.05, 4.69) is 15.9 Å². The summed E-state index contributed by atoms with van der Waals surface area (Å²) in [5.74, 6) is 0.122. The number of para-hydroxylation sites is 3. The number of carbonyl (C=O) groups is 3. The van der Waals surface area contributed by atoms with Gasteiger partial charge in [-0.05, 0) is 222 Å². The fraction of sp³-hybridized carbons (Fsp3) is 0.165. The summed E-state index contributed by atoms with van der Waals surface area (Å²) in [7, 11) is -12.9. The van der Waals surface area contributed by atoms with E-state index in [1.54, 1.807) is 166 Å².